The average molecular weight is 302 g/mol. The Balaban J connectivity index is 0.00000361. The Hall–Kier alpha value is -1.26. The number of halogens is 1. The van der Waals surface area contributed by atoms with Crippen molar-refractivity contribution in [3.63, 3.8) is 0 Å². The van der Waals surface area contributed by atoms with Gasteiger partial charge in [0.25, 0.3) is 0 Å². The van der Waals surface area contributed by atoms with Gasteiger partial charge in [-0.3, -0.25) is 0 Å². The van der Waals surface area contributed by atoms with E-state index in [0.29, 0.717) is 31.1 Å². The number of carboxylic acid groups (broad SMARTS) is 1. The zero-order chi connectivity index (χ0) is 14.4. The summed E-state index contributed by atoms with van der Waals surface area (Å²) in [6.07, 6.45) is 0.312. The Morgan fingerprint density at radius 3 is 2.50 bits per heavy atom. The molecule has 0 aliphatic carbocycles. The van der Waals surface area contributed by atoms with E-state index in [4.69, 9.17) is 15.6 Å². The molecule has 4 nitrogen and oxygen atoms in total. The second-order valence-electron chi connectivity index (χ2n) is 4.91. The summed E-state index contributed by atoms with van der Waals surface area (Å²) in [6, 6.07) is 5.96. The molecule has 0 radical (unpaired) electrons. The molecule has 1 aromatic carbocycles. The van der Waals surface area contributed by atoms with Crippen molar-refractivity contribution >= 4 is 18.4 Å². The molecule has 0 aliphatic heterocycles. The lowest BCUT2D eigenvalue weighted by Crippen LogP contribution is -2.26. The number of rotatable bonds is 7. The van der Waals surface area contributed by atoms with Crippen molar-refractivity contribution in [2.75, 3.05) is 6.54 Å². The number of hydrogen-bond acceptors (Lipinski definition) is 3. The van der Waals surface area contributed by atoms with E-state index in [2.05, 4.69) is 13.8 Å². The molecule has 0 aromatic heterocycles. The molecule has 0 heterocycles. The lowest BCUT2D eigenvalue weighted by molar-refractivity contribution is -0.145. The lowest BCUT2D eigenvalue weighted by atomic mass is 9.99. The Morgan fingerprint density at radius 2 is 2.05 bits per heavy atom. The van der Waals surface area contributed by atoms with Gasteiger partial charge in [0.2, 0.25) is 0 Å². The fraction of sp³-hybridized carbons (Fsp3) is 0.533. The van der Waals surface area contributed by atoms with Crippen LogP contribution in [0.1, 0.15) is 44.2 Å². The summed E-state index contributed by atoms with van der Waals surface area (Å²) in [5, 5.41) is 9.08. The monoisotopic (exact) mass is 301 g/mol. The van der Waals surface area contributed by atoms with Crippen LogP contribution in [0.5, 0.6) is 5.75 Å². The number of carbonyl (C=O) groups is 1. The molecule has 0 bridgehead atoms. The van der Waals surface area contributed by atoms with Gasteiger partial charge in [-0.15, -0.1) is 12.4 Å². The van der Waals surface area contributed by atoms with Crippen molar-refractivity contribution in [3.8, 4) is 5.75 Å². The average Bonchev–Trinajstić information content (AvgIpc) is 2.37. The summed E-state index contributed by atoms with van der Waals surface area (Å²) >= 11 is 0. The number of hydrogen-bond donors (Lipinski definition) is 2. The maximum atomic E-state index is 11.1. The first kappa shape index (κ1) is 18.7. The van der Waals surface area contributed by atoms with E-state index in [1.54, 1.807) is 6.92 Å². The van der Waals surface area contributed by atoms with E-state index in [0.717, 1.165) is 11.1 Å². The molecule has 1 aromatic rings. The van der Waals surface area contributed by atoms with Crippen LogP contribution in [0.25, 0.3) is 0 Å². The quantitative estimate of drug-likeness (QED) is 0.812. The highest BCUT2D eigenvalue weighted by atomic mass is 35.5. The van der Waals surface area contributed by atoms with Crippen LogP contribution in [0.15, 0.2) is 18.2 Å². The third-order valence-corrected chi connectivity index (χ3v) is 3.09. The van der Waals surface area contributed by atoms with Crippen molar-refractivity contribution in [1.29, 1.82) is 0 Å². The third-order valence-electron chi connectivity index (χ3n) is 3.09. The van der Waals surface area contributed by atoms with Crippen LogP contribution in [0.3, 0.4) is 0 Å². The van der Waals surface area contributed by atoms with E-state index in [9.17, 15) is 4.79 Å². The van der Waals surface area contributed by atoms with Crippen LogP contribution in [-0.2, 0) is 11.2 Å². The standard InChI is InChI=1S/C15H23NO3.ClH/c1-4-13(15(17)18)19-14-9-12(10(2)3)6-5-11(14)7-8-16;/h5-6,9-10,13H,4,7-8,16H2,1-3H3,(H,17,18);1H. The molecule has 114 valence electrons. The van der Waals surface area contributed by atoms with E-state index in [-0.39, 0.29) is 12.4 Å². The molecule has 0 aliphatic rings. The Bertz CT molecular complexity index is 435. The topological polar surface area (TPSA) is 72.5 Å². The first-order valence-electron chi connectivity index (χ1n) is 6.71. The molecule has 1 unspecified atom stereocenters. The third kappa shape index (κ3) is 5.02. The highest BCUT2D eigenvalue weighted by Crippen LogP contribution is 2.26. The van der Waals surface area contributed by atoms with Crippen molar-refractivity contribution in [1.82, 2.24) is 0 Å². The minimum atomic E-state index is -0.934. The SMILES string of the molecule is CCC(Oc1cc(C(C)C)ccc1CCN)C(=O)O.Cl. The number of ether oxygens (including phenoxy) is 1. The number of nitrogens with two attached hydrogens (primary N) is 1. The second kappa shape index (κ2) is 8.82. The summed E-state index contributed by atoms with van der Waals surface area (Å²) in [7, 11) is 0. The molecular weight excluding hydrogens is 278 g/mol. The minimum absolute atomic E-state index is 0. The van der Waals surface area contributed by atoms with Gasteiger partial charge in [-0.25, -0.2) is 4.79 Å². The minimum Gasteiger partial charge on any atom is -0.479 e. The van der Waals surface area contributed by atoms with E-state index in [1.165, 1.54) is 0 Å². The molecule has 5 heteroatoms. The fourth-order valence-electron chi connectivity index (χ4n) is 1.86. The molecule has 0 saturated carbocycles. The zero-order valence-corrected chi connectivity index (χ0v) is 13.1. The van der Waals surface area contributed by atoms with Gasteiger partial charge in [-0.2, -0.15) is 0 Å². The molecule has 1 rings (SSSR count). The van der Waals surface area contributed by atoms with Gasteiger partial charge >= 0.3 is 5.97 Å². The highest BCUT2D eigenvalue weighted by Gasteiger charge is 2.18. The Kier molecular flexibility index (Phi) is 8.26. The van der Waals surface area contributed by atoms with Gasteiger partial charge in [0.05, 0.1) is 0 Å². The predicted molar refractivity (Wildman–Crippen MR) is 82.9 cm³/mol. The molecule has 3 N–H and O–H groups in total. The summed E-state index contributed by atoms with van der Waals surface area (Å²) in [6.45, 7) is 6.50. The van der Waals surface area contributed by atoms with Gasteiger partial charge in [-0.05, 0) is 42.5 Å². The summed E-state index contributed by atoms with van der Waals surface area (Å²) in [4.78, 5) is 11.1. The van der Waals surface area contributed by atoms with Gasteiger partial charge in [0.1, 0.15) is 5.75 Å². The van der Waals surface area contributed by atoms with Gasteiger partial charge in [0, 0.05) is 0 Å². The van der Waals surface area contributed by atoms with Crippen LogP contribution >= 0.6 is 12.4 Å². The molecule has 1 atom stereocenters. The van der Waals surface area contributed by atoms with Crippen molar-refractivity contribution in [2.45, 2.75) is 45.6 Å². The second-order valence-corrected chi connectivity index (χ2v) is 4.91. The van der Waals surface area contributed by atoms with Crippen LogP contribution < -0.4 is 10.5 Å². The molecule has 20 heavy (non-hydrogen) atoms. The molecule has 0 spiro atoms. The number of carboxylic acids is 1. The van der Waals surface area contributed by atoms with Crippen molar-refractivity contribution in [2.24, 2.45) is 5.73 Å². The number of benzene rings is 1. The van der Waals surface area contributed by atoms with E-state index < -0.39 is 12.1 Å². The van der Waals surface area contributed by atoms with Crippen LogP contribution in [0.2, 0.25) is 0 Å². The molecule has 0 fully saturated rings. The van der Waals surface area contributed by atoms with Crippen molar-refractivity contribution < 1.29 is 14.6 Å². The lowest BCUT2D eigenvalue weighted by Gasteiger charge is -2.18. The largest absolute Gasteiger partial charge is 0.479 e. The van der Waals surface area contributed by atoms with Gasteiger partial charge in [0.15, 0.2) is 6.10 Å². The van der Waals surface area contributed by atoms with E-state index >= 15 is 0 Å². The normalized spacial score (nSPS) is 11.8. The van der Waals surface area contributed by atoms with Gasteiger partial charge < -0.3 is 15.6 Å². The molecular formula is C15H24ClNO3. The van der Waals surface area contributed by atoms with Crippen molar-refractivity contribution in [3.05, 3.63) is 29.3 Å². The summed E-state index contributed by atoms with van der Waals surface area (Å²) in [5.74, 6) is 0.0845. The fourth-order valence-corrected chi connectivity index (χ4v) is 1.86. The maximum absolute atomic E-state index is 11.1. The Morgan fingerprint density at radius 1 is 1.40 bits per heavy atom. The zero-order valence-electron chi connectivity index (χ0n) is 12.3. The van der Waals surface area contributed by atoms with Gasteiger partial charge in [-0.1, -0.05) is 32.9 Å². The maximum Gasteiger partial charge on any atom is 0.344 e. The number of aliphatic carboxylic acids is 1. The predicted octanol–water partition coefficient (Wildman–Crippen LogP) is 2.98. The smallest absolute Gasteiger partial charge is 0.344 e. The summed E-state index contributed by atoms with van der Waals surface area (Å²) in [5.41, 5.74) is 7.68. The van der Waals surface area contributed by atoms with Crippen LogP contribution in [0.4, 0.5) is 0 Å². The van der Waals surface area contributed by atoms with Crippen LogP contribution in [0, 0.1) is 0 Å². The molecule has 0 saturated heterocycles. The van der Waals surface area contributed by atoms with Crippen LogP contribution in [-0.4, -0.2) is 23.7 Å². The highest BCUT2D eigenvalue weighted by molar-refractivity contribution is 5.85. The summed E-state index contributed by atoms with van der Waals surface area (Å²) < 4.78 is 5.64. The first-order chi connectivity index (χ1) is 8.99. The van der Waals surface area contributed by atoms with E-state index in [1.807, 2.05) is 18.2 Å². The first-order valence-corrected chi connectivity index (χ1v) is 6.71. The molecule has 0 amide bonds. The Labute approximate surface area is 126 Å².